The minimum absolute atomic E-state index is 0.0817. The van der Waals surface area contributed by atoms with Gasteiger partial charge in [0.25, 0.3) is 0 Å². The first kappa shape index (κ1) is 15.3. The van der Waals surface area contributed by atoms with Crippen LogP contribution in [-0.4, -0.2) is 10.1 Å². The minimum Gasteiger partial charge on any atom is -0.388 e. The quantitative estimate of drug-likeness (QED) is 0.896. The van der Waals surface area contributed by atoms with E-state index in [0.717, 1.165) is 50.6 Å². The molecule has 1 aromatic rings. The van der Waals surface area contributed by atoms with Crippen LogP contribution < -0.4 is 0 Å². The molecule has 0 saturated heterocycles. The molecule has 0 radical (unpaired) electrons. The number of aliphatic hydroxyl groups is 1. The van der Waals surface area contributed by atoms with E-state index >= 15 is 0 Å². The second-order valence-electron chi connectivity index (χ2n) is 5.61. The Hall–Kier alpha value is -1.10. The second-order valence-corrected chi connectivity index (χ2v) is 5.61. The molecule has 3 unspecified atom stereocenters. The number of pyridine rings is 1. The summed E-state index contributed by atoms with van der Waals surface area (Å²) in [6.07, 6.45) is 1.43. The van der Waals surface area contributed by atoms with Gasteiger partial charge < -0.3 is 5.11 Å². The molecular weight excluding hydrogens is 267 g/mol. The van der Waals surface area contributed by atoms with E-state index < -0.39 is 17.8 Å². The summed E-state index contributed by atoms with van der Waals surface area (Å²) in [7, 11) is 0. The van der Waals surface area contributed by atoms with Gasteiger partial charge in [-0.1, -0.05) is 26.2 Å². The highest BCUT2D eigenvalue weighted by Gasteiger charge is 2.37. The number of rotatable bonds is 3. The smallest absolute Gasteiger partial charge is 0.388 e. The van der Waals surface area contributed by atoms with Gasteiger partial charge in [0.2, 0.25) is 0 Å². The lowest BCUT2D eigenvalue weighted by molar-refractivity contribution is -0.139. The standard InChI is InChI=1S/C15H20F3NO/c1-2-10-4-3-5-11(8-10)14(20)12-9-19-7-6-13(12)15(16,17)18/h6-7,9-11,14,20H,2-5,8H2,1H3. The van der Waals surface area contributed by atoms with Gasteiger partial charge in [-0.15, -0.1) is 0 Å². The Bertz CT molecular complexity index is 447. The summed E-state index contributed by atoms with van der Waals surface area (Å²) in [5.74, 6) is 0.411. The molecule has 2 rings (SSSR count). The van der Waals surface area contributed by atoms with Crippen molar-refractivity contribution >= 4 is 0 Å². The average molecular weight is 287 g/mol. The zero-order chi connectivity index (χ0) is 14.8. The fourth-order valence-electron chi connectivity index (χ4n) is 3.14. The Morgan fingerprint density at radius 2 is 2.15 bits per heavy atom. The maximum Gasteiger partial charge on any atom is 0.416 e. The molecule has 1 fully saturated rings. The molecule has 0 spiro atoms. The van der Waals surface area contributed by atoms with E-state index in [4.69, 9.17) is 0 Å². The number of alkyl halides is 3. The number of halogens is 3. The molecule has 5 heteroatoms. The van der Waals surface area contributed by atoms with Gasteiger partial charge in [-0.25, -0.2) is 0 Å². The van der Waals surface area contributed by atoms with Crippen molar-refractivity contribution < 1.29 is 18.3 Å². The molecule has 1 saturated carbocycles. The first-order valence-corrected chi connectivity index (χ1v) is 7.12. The van der Waals surface area contributed by atoms with Crippen molar-refractivity contribution in [2.24, 2.45) is 11.8 Å². The van der Waals surface area contributed by atoms with Crippen molar-refractivity contribution in [2.45, 2.75) is 51.3 Å². The molecule has 0 amide bonds. The van der Waals surface area contributed by atoms with Crippen LogP contribution in [0.5, 0.6) is 0 Å². The van der Waals surface area contributed by atoms with Crippen LogP contribution in [0, 0.1) is 11.8 Å². The van der Waals surface area contributed by atoms with Gasteiger partial charge >= 0.3 is 6.18 Å². The number of hydrogen-bond acceptors (Lipinski definition) is 2. The topological polar surface area (TPSA) is 33.1 Å². The highest BCUT2D eigenvalue weighted by Crippen LogP contribution is 2.42. The number of aliphatic hydroxyl groups excluding tert-OH is 1. The Morgan fingerprint density at radius 3 is 2.80 bits per heavy atom. The highest BCUT2D eigenvalue weighted by atomic mass is 19.4. The monoisotopic (exact) mass is 287 g/mol. The Morgan fingerprint density at radius 1 is 1.40 bits per heavy atom. The van der Waals surface area contributed by atoms with E-state index in [0.29, 0.717) is 5.92 Å². The molecule has 20 heavy (non-hydrogen) atoms. The van der Waals surface area contributed by atoms with Crippen LogP contribution in [0.3, 0.4) is 0 Å². The predicted molar refractivity (Wildman–Crippen MR) is 69.9 cm³/mol. The lowest BCUT2D eigenvalue weighted by Crippen LogP contribution is -2.23. The zero-order valence-corrected chi connectivity index (χ0v) is 11.5. The first-order chi connectivity index (χ1) is 9.43. The Balaban J connectivity index is 2.23. The molecule has 112 valence electrons. The van der Waals surface area contributed by atoms with Gasteiger partial charge in [-0.2, -0.15) is 13.2 Å². The van der Waals surface area contributed by atoms with Crippen LogP contribution in [0.4, 0.5) is 13.2 Å². The van der Waals surface area contributed by atoms with Crippen molar-refractivity contribution in [3.8, 4) is 0 Å². The molecule has 1 aromatic heterocycles. The number of hydrogen-bond donors (Lipinski definition) is 1. The first-order valence-electron chi connectivity index (χ1n) is 7.12. The van der Waals surface area contributed by atoms with E-state index in [9.17, 15) is 18.3 Å². The molecular formula is C15H20F3NO. The van der Waals surface area contributed by atoms with Crippen LogP contribution in [-0.2, 0) is 6.18 Å². The second kappa shape index (κ2) is 6.12. The number of nitrogens with zero attached hydrogens (tertiary/aromatic N) is 1. The molecule has 0 aromatic carbocycles. The molecule has 1 aliphatic carbocycles. The van der Waals surface area contributed by atoms with Crippen molar-refractivity contribution in [3.63, 3.8) is 0 Å². The largest absolute Gasteiger partial charge is 0.416 e. The minimum atomic E-state index is -4.45. The summed E-state index contributed by atoms with van der Waals surface area (Å²) in [6, 6.07) is 0.943. The van der Waals surface area contributed by atoms with Gasteiger partial charge in [0, 0.05) is 18.0 Å². The summed E-state index contributed by atoms with van der Waals surface area (Å²) >= 11 is 0. The van der Waals surface area contributed by atoms with Crippen molar-refractivity contribution in [3.05, 3.63) is 29.6 Å². The van der Waals surface area contributed by atoms with Gasteiger partial charge in [0.05, 0.1) is 11.7 Å². The van der Waals surface area contributed by atoms with Gasteiger partial charge in [0.1, 0.15) is 0 Å². The van der Waals surface area contributed by atoms with Gasteiger partial charge in [-0.3, -0.25) is 4.98 Å². The molecule has 1 aliphatic rings. The predicted octanol–water partition coefficient (Wildman–Crippen LogP) is 4.35. The fourth-order valence-corrected chi connectivity index (χ4v) is 3.14. The molecule has 1 N–H and O–H groups in total. The molecule has 0 aliphatic heterocycles. The summed E-state index contributed by atoms with van der Waals surface area (Å²) < 4.78 is 38.9. The molecule has 1 heterocycles. The summed E-state index contributed by atoms with van der Waals surface area (Å²) in [5, 5.41) is 10.4. The molecule has 2 nitrogen and oxygen atoms in total. The number of aromatic nitrogens is 1. The lowest BCUT2D eigenvalue weighted by Gasteiger charge is -2.32. The molecule has 3 atom stereocenters. The van der Waals surface area contributed by atoms with E-state index in [1.54, 1.807) is 0 Å². The third kappa shape index (κ3) is 3.32. The lowest BCUT2D eigenvalue weighted by atomic mass is 9.76. The molecule has 0 bridgehead atoms. The highest BCUT2D eigenvalue weighted by molar-refractivity contribution is 5.28. The van der Waals surface area contributed by atoms with E-state index in [-0.39, 0.29) is 11.5 Å². The van der Waals surface area contributed by atoms with Crippen molar-refractivity contribution in [1.82, 2.24) is 4.98 Å². The van der Waals surface area contributed by atoms with E-state index in [2.05, 4.69) is 11.9 Å². The van der Waals surface area contributed by atoms with Crippen molar-refractivity contribution in [1.29, 1.82) is 0 Å². The third-order valence-electron chi connectivity index (χ3n) is 4.32. The fraction of sp³-hybridized carbons (Fsp3) is 0.667. The van der Waals surface area contributed by atoms with Crippen LogP contribution in [0.15, 0.2) is 18.5 Å². The SMILES string of the molecule is CCC1CCCC(C(O)c2cnccc2C(F)(F)F)C1. The zero-order valence-electron chi connectivity index (χ0n) is 11.5. The third-order valence-corrected chi connectivity index (χ3v) is 4.32. The summed E-state index contributed by atoms with van der Waals surface area (Å²) in [5.41, 5.74) is -0.847. The van der Waals surface area contributed by atoms with E-state index in [1.165, 1.54) is 0 Å². The summed E-state index contributed by atoms with van der Waals surface area (Å²) in [4.78, 5) is 3.75. The van der Waals surface area contributed by atoms with Crippen LogP contribution in [0.2, 0.25) is 0 Å². The maximum atomic E-state index is 13.0. The summed E-state index contributed by atoms with van der Waals surface area (Å²) in [6.45, 7) is 2.09. The Labute approximate surface area is 117 Å². The normalized spacial score (nSPS) is 25.4. The maximum absolute atomic E-state index is 13.0. The van der Waals surface area contributed by atoms with Crippen LogP contribution in [0.1, 0.15) is 56.3 Å². The van der Waals surface area contributed by atoms with Crippen LogP contribution in [0.25, 0.3) is 0 Å². The van der Waals surface area contributed by atoms with E-state index in [1.807, 2.05) is 0 Å². The van der Waals surface area contributed by atoms with Gasteiger partial charge in [-0.05, 0) is 30.7 Å². The van der Waals surface area contributed by atoms with Crippen LogP contribution >= 0.6 is 0 Å². The van der Waals surface area contributed by atoms with Gasteiger partial charge in [0.15, 0.2) is 0 Å². The van der Waals surface area contributed by atoms with Crippen molar-refractivity contribution in [2.75, 3.05) is 0 Å². The average Bonchev–Trinajstić information content (AvgIpc) is 2.45. The Kier molecular flexibility index (Phi) is 4.68.